The van der Waals surface area contributed by atoms with E-state index in [2.05, 4.69) is 52.6 Å². The Morgan fingerprint density at radius 2 is 1.00 bits per heavy atom. The van der Waals surface area contributed by atoms with Crippen molar-refractivity contribution in [1.82, 2.24) is 9.80 Å². The summed E-state index contributed by atoms with van der Waals surface area (Å²) in [7, 11) is -8.72. The van der Waals surface area contributed by atoms with Crippen molar-refractivity contribution >= 4 is 117 Å². The quantitative estimate of drug-likeness (QED) is 0.00530. The van der Waals surface area contributed by atoms with Crippen molar-refractivity contribution in [3.8, 4) is 39.5 Å². The van der Waals surface area contributed by atoms with Gasteiger partial charge in [-0.3, -0.25) is 53.0 Å². The van der Waals surface area contributed by atoms with Gasteiger partial charge in [0.25, 0.3) is 20.0 Å². The van der Waals surface area contributed by atoms with Gasteiger partial charge in [-0.05, 0) is 262 Å². The number of nitrogens with zero attached hydrogens (tertiary/aromatic N) is 4. The smallest absolute Gasteiger partial charge is 0.446 e. The molecule has 7 aromatic rings. The van der Waals surface area contributed by atoms with Crippen LogP contribution in [0.25, 0.3) is 22.3 Å². The van der Waals surface area contributed by atoms with Crippen molar-refractivity contribution in [2.45, 2.75) is 204 Å². The average molecular weight is 1890 g/mol. The van der Waals surface area contributed by atoms with Gasteiger partial charge in [0.15, 0.2) is 27.4 Å². The first-order chi connectivity index (χ1) is 60.7. The van der Waals surface area contributed by atoms with Gasteiger partial charge in [0, 0.05) is 63.6 Å². The van der Waals surface area contributed by atoms with E-state index in [9.17, 15) is 77.4 Å². The number of guanidine groups is 1. The zero-order chi connectivity index (χ0) is 95.5. The van der Waals surface area contributed by atoms with Gasteiger partial charge in [-0.2, -0.15) is 13.2 Å². The summed E-state index contributed by atoms with van der Waals surface area (Å²) in [4.78, 5) is 93.8. The Morgan fingerprint density at radius 1 is 0.605 bits per heavy atom. The monoisotopic (exact) mass is 1890 g/mol. The van der Waals surface area contributed by atoms with Crippen LogP contribution in [0, 0.1) is 44.4 Å². The Balaban J connectivity index is 0.000000231. The lowest BCUT2D eigenvalue weighted by atomic mass is 9.94. The molecule has 7 heterocycles. The predicted molar refractivity (Wildman–Crippen MR) is 495 cm³/mol. The third-order valence-electron chi connectivity index (χ3n) is 22.4. The van der Waals surface area contributed by atoms with Gasteiger partial charge in [0.1, 0.15) is 32.6 Å². The van der Waals surface area contributed by atoms with Crippen LogP contribution in [-0.2, 0) is 82.6 Å². The first-order valence-corrected chi connectivity index (χ1v) is 48.8. The van der Waals surface area contributed by atoms with Crippen molar-refractivity contribution in [3.05, 3.63) is 151 Å². The number of ether oxygens (including phenoxy) is 5. The molecule has 0 saturated carbocycles. The number of Topliss-reactive ketones (excluding diaryl/α,β-unsaturated/α-hetero) is 2. The molecule has 2 saturated heterocycles. The molecule has 5 aliphatic rings. The van der Waals surface area contributed by atoms with E-state index in [0.29, 0.717) is 92.3 Å². The van der Waals surface area contributed by atoms with Crippen LogP contribution in [0.1, 0.15) is 185 Å². The van der Waals surface area contributed by atoms with Gasteiger partial charge >= 0.3 is 30.1 Å². The fourth-order valence-electron chi connectivity index (χ4n) is 15.2. The van der Waals surface area contributed by atoms with E-state index in [1.807, 2.05) is 107 Å². The maximum absolute atomic E-state index is 13.6. The number of methoxy groups -OCH3 is 2. The number of fused-ring (bicyclic) bond motifs is 3. The molecule has 0 bridgehead atoms. The van der Waals surface area contributed by atoms with Gasteiger partial charge in [-0.1, -0.05) is 74.5 Å². The normalized spacial score (nSPS) is 15.5. The topological polar surface area (TPSA) is 442 Å². The van der Waals surface area contributed by atoms with Gasteiger partial charge in [0.2, 0.25) is 6.29 Å². The number of thiophene rings is 2. The summed E-state index contributed by atoms with van der Waals surface area (Å²) in [6.07, 6.45) is 2.76. The zero-order valence-corrected chi connectivity index (χ0v) is 79.5. The van der Waals surface area contributed by atoms with Crippen LogP contribution in [-0.4, -0.2) is 195 Å². The number of ketones is 2. The molecule has 0 radical (unpaired) electrons. The summed E-state index contributed by atoms with van der Waals surface area (Å²) in [5.74, 6) is -2.20. The number of nitrogens with two attached hydrogens (primary N) is 3. The highest BCUT2D eigenvalue weighted by molar-refractivity contribution is 7.93. The van der Waals surface area contributed by atoms with Crippen LogP contribution in [0.3, 0.4) is 0 Å². The minimum absolute atomic E-state index is 0.00452. The summed E-state index contributed by atoms with van der Waals surface area (Å²) in [5, 5.41) is 22.4. The number of benzene rings is 5. The average Bonchev–Trinajstić information content (AvgIpc) is 1.62. The molecular formula is C92H122F3N9O20S5. The number of anilines is 2. The highest BCUT2D eigenvalue weighted by atomic mass is 32.2. The Hall–Kier alpha value is -10.3. The molecule has 5 aliphatic heterocycles. The molecule has 0 spiro atoms. The molecular weight excluding hydrogens is 1770 g/mol. The second-order valence-corrected chi connectivity index (χ2v) is 41.2. The number of amidine groups is 1. The van der Waals surface area contributed by atoms with Crippen molar-refractivity contribution in [3.63, 3.8) is 0 Å². The van der Waals surface area contributed by atoms with Crippen molar-refractivity contribution in [2.75, 3.05) is 89.2 Å². The molecule has 2 aromatic heterocycles. The molecule has 12 rings (SSSR count). The zero-order valence-electron chi connectivity index (χ0n) is 75.4. The third-order valence-corrected chi connectivity index (χ3v) is 29.8. The number of likely N-dealkylation sites (tertiary alicyclic amines) is 2. The highest BCUT2D eigenvalue weighted by Crippen LogP contribution is 2.47. The van der Waals surface area contributed by atoms with E-state index < -0.39 is 82.4 Å². The molecule has 0 aliphatic carbocycles. The maximum atomic E-state index is 13.6. The number of aliphatic imine (C=N–C) groups is 2. The molecule has 2 atom stereocenters. The summed E-state index contributed by atoms with van der Waals surface area (Å²) in [6.45, 7) is 29.3. The number of hydrogen-bond donors (Lipinski definition) is 7. The largest absolute Gasteiger partial charge is 0.492 e. The first kappa shape index (κ1) is 106. The standard InChI is InChI=1S/C27H29N3O6S2.C26H28N4O6S2.C17H26O3S.2C10H19NO2.C2HF3O/c1-17(28)29-11-5-8-20(27(32)33)15-23(31)26-22(10-13-37-26)30-38(34,35)24-16-21(18-6-3-2-4-7-18)14-19-9-12-36-25(19)24;27-26(28)29-10-4-7-18(25(32)33)14-21(31)24-20(9-12-37-24)30-38(34,35)22-15-19(16-5-2-1-3-6-16)13-17-8-11-36-23(17)22;1-10-11(2)15(21(18,19)16(4,5)6)12(3)13-9-17(7,8)20-14(10)13;2*1-3-11-6-4-9(5-7-11)8-10(12)13-2;3-2(4,5)1-6/h2-4,6-7,10,13-14,16,20,30H,5,8-9,11-12,15H2,1H3,(H2,28,29)(H,32,33);1-3,5-6,9,12-13,15,18,30H,4,7-8,10-11,14H2,(H,32,33)(H4,27,28,29);9H2,1-8H3;2*9H,3-8H2,1-2H3;1H/t20-;18-;;;;/m11..../s1. The molecule has 37 heteroatoms. The molecule has 2 fully saturated rings. The number of esters is 2. The number of aldehydes is 1. The second kappa shape index (κ2) is 48.0. The van der Waals surface area contributed by atoms with Gasteiger partial charge < -0.3 is 60.9 Å². The molecule has 706 valence electrons. The van der Waals surface area contributed by atoms with Gasteiger partial charge in [-0.25, -0.2) is 25.3 Å². The number of piperidine rings is 2. The lowest BCUT2D eigenvalue weighted by Crippen LogP contribution is -2.34. The second-order valence-electron chi connectivity index (χ2n) is 33.5. The Labute approximate surface area is 762 Å². The van der Waals surface area contributed by atoms with Crippen molar-refractivity contribution in [1.29, 1.82) is 0 Å². The van der Waals surface area contributed by atoms with Crippen molar-refractivity contribution in [2.24, 2.45) is 50.9 Å². The minimum atomic E-state index is -4.64. The lowest BCUT2D eigenvalue weighted by Gasteiger charge is -2.30. The minimum Gasteiger partial charge on any atom is -0.492 e. The number of halogens is 3. The lowest BCUT2D eigenvalue weighted by molar-refractivity contribution is -0.156. The van der Waals surface area contributed by atoms with Gasteiger partial charge in [-0.15, -0.1) is 22.7 Å². The summed E-state index contributed by atoms with van der Waals surface area (Å²) < 4.78 is 142. The number of nitrogens with one attached hydrogen (secondary N) is 2. The summed E-state index contributed by atoms with van der Waals surface area (Å²) in [6, 6.07) is 28.9. The molecule has 0 unspecified atom stereocenters. The van der Waals surface area contributed by atoms with Crippen LogP contribution in [0.4, 0.5) is 24.5 Å². The van der Waals surface area contributed by atoms with Crippen LogP contribution >= 0.6 is 22.7 Å². The first-order valence-electron chi connectivity index (χ1n) is 42.6. The van der Waals surface area contributed by atoms with Gasteiger partial charge in [0.05, 0.1) is 75.9 Å². The van der Waals surface area contributed by atoms with Crippen molar-refractivity contribution < 1.29 is 106 Å². The maximum Gasteiger partial charge on any atom is 0.446 e. The Bertz CT molecular complexity index is 5180. The van der Waals surface area contributed by atoms with Crippen LogP contribution in [0.15, 0.2) is 132 Å². The fourth-order valence-corrected chi connectivity index (χ4v) is 21.2. The number of carboxylic acids is 2. The van der Waals surface area contributed by atoms with Crippen LogP contribution < -0.4 is 40.9 Å². The number of alkyl halides is 3. The molecule has 129 heavy (non-hydrogen) atoms. The van der Waals surface area contributed by atoms with Crippen LogP contribution in [0.5, 0.6) is 17.2 Å². The number of hydrogen-bond acceptors (Lipinski definition) is 24. The van der Waals surface area contributed by atoms with E-state index in [4.69, 9.17) is 36.2 Å². The number of sulfone groups is 1. The number of carbonyl (C=O) groups excluding carboxylic acids is 5. The van der Waals surface area contributed by atoms with Crippen LogP contribution in [0.2, 0.25) is 0 Å². The number of sulfonamides is 2. The fraction of sp³-hybridized carbons (Fsp3) is 0.489. The van der Waals surface area contributed by atoms with E-state index >= 15 is 0 Å². The molecule has 10 N–H and O–H groups in total. The van der Waals surface area contributed by atoms with E-state index in [1.54, 1.807) is 50.6 Å². The summed E-state index contributed by atoms with van der Waals surface area (Å²) in [5.41, 5.74) is 24.5. The van der Waals surface area contributed by atoms with E-state index in [0.717, 1.165) is 155 Å². The highest BCUT2D eigenvalue weighted by Gasteiger charge is 2.41. The Morgan fingerprint density at radius 3 is 1.35 bits per heavy atom. The predicted octanol–water partition coefficient (Wildman–Crippen LogP) is 15.3. The molecule has 29 nitrogen and oxygen atoms in total. The number of aliphatic carboxylic acids is 2. The third kappa shape index (κ3) is 30.9. The SMILES string of the molecule is CC(N)=NCCC[C@H](CC(=O)c1sccc1NS(=O)(=O)c1cc(-c2ccccc2)cc2c1OCC2)C(=O)O.CCN1CCC(CC(=O)OC)CC1.CCN1CCC(CC(=O)OC)CC1.Cc1c(C)c(S(=O)(=O)C(C)(C)C)c(C)c2c1OC(C)(C)C2.NC(N)=NCCC[C@H](CC(=O)c1sccc1NS(=O)(=O)c1cc(-c2ccccc2)cc2c1OCC2)C(=O)O.O=CC(F)(F)F. The molecule has 5 aromatic carbocycles. The molecule has 0 amide bonds. The van der Waals surface area contributed by atoms with E-state index in [1.165, 1.54) is 26.4 Å². The number of rotatable bonds is 31. The number of carbonyl (C=O) groups is 7. The Kier molecular flexibility index (Phi) is 39.4. The number of carboxylic acid groups (broad SMARTS) is 2. The summed E-state index contributed by atoms with van der Waals surface area (Å²) >= 11 is 2.12. The van der Waals surface area contributed by atoms with E-state index in [-0.39, 0.29) is 86.6 Å².